The van der Waals surface area contributed by atoms with Gasteiger partial charge in [0, 0.05) is 18.2 Å². The summed E-state index contributed by atoms with van der Waals surface area (Å²) in [5, 5.41) is 9.96. The van der Waals surface area contributed by atoms with E-state index in [0.29, 0.717) is 17.6 Å². The van der Waals surface area contributed by atoms with Crippen molar-refractivity contribution in [3.8, 4) is 0 Å². The molecule has 0 aromatic heterocycles. The van der Waals surface area contributed by atoms with Gasteiger partial charge in [0.2, 0.25) is 0 Å². The van der Waals surface area contributed by atoms with Gasteiger partial charge in [-0.15, -0.1) is 0 Å². The van der Waals surface area contributed by atoms with Crippen molar-refractivity contribution in [2.75, 3.05) is 11.4 Å². The van der Waals surface area contributed by atoms with Crippen molar-refractivity contribution in [2.45, 2.75) is 57.6 Å². The second-order valence-corrected chi connectivity index (χ2v) is 6.30. The van der Waals surface area contributed by atoms with Gasteiger partial charge in [0.1, 0.15) is 5.82 Å². The van der Waals surface area contributed by atoms with Crippen LogP contribution in [0.3, 0.4) is 0 Å². The number of aliphatic hydroxyl groups is 1. The fourth-order valence-electron chi connectivity index (χ4n) is 4.07. The van der Waals surface area contributed by atoms with Gasteiger partial charge in [0.25, 0.3) is 0 Å². The lowest BCUT2D eigenvalue weighted by molar-refractivity contribution is 0.196. The maximum absolute atomic E-state index is 14.4. The van der Waals surface area contributed by atoms with Crippen LogP contribution >= 0.6 is 0 Å². The molecule has 1 saturated carbocycles. The van der Waals surface area contributed by atoms with Crippen LogP contribution in [0.15, 0.2) is 18.2 Å². The van der Waals surface area contributed by atoms with E-state index < -0.39 is 6.10 Å². The minimum absolute atomic E-state index is 0.186. The van der Waals surface area contributed by atoms with E-state index in [1.807, 2.05) is 6.07 Å². The number of rotatable bonds is 2. The normalized spacial score (nSPS) is 28.1. The molecule has 2 aliphatic rings. The summed E-state index contributed by atoms with van der Waals surface area (Å²) in [5.41, 5.74) is 1.38. The molecule has 0 bridgehead atoms. The summed E-state index contributed by atoms with van der Waals surface area (Å²) in [6.07, 6.45) is 6.79. The number of aliphatic hydroxyl groups excluding tert-OH is 1. The number of nitrogens with zero attached hydrogens (tertiary/aromatic N) is 1. The fraction of sp³-hybridized carbons (Fsp3) is 0.647. The molecule has 2 nitrogen and oxygen atoms in total. The molecule has 110 valence electrons. The Hall–Kier alpha value is -1.09. The Morgan fingerprint density at radius 3 is 2.75 bits per heavy atom. The van der Waals surface area contributed by atoms with E-state index >= 15 is 0 Å². The van der Waals surface area contributed by atoms with Crippen LogP contribution < -0.4 is 4.90 Å². The first-order chi connectivity index (χ1) is 9.68. The average Bonchev–Trinajstić information content (AvgIpc) is 2.46. The van der Waals surface area contributed by atoms with E-state index in [1.54, 1.807) is 13.0 Å². The molecule has 3 rings (SSSR count). The lowest BCUT2D eigenvalue weighted by atomic mass is 9.78. The SMILES string of the molecule is CC(O)c1cccc(F)c1N1CCC[C@H]2CCCC[C@H]21. The van der Waals surface area contributed by atoms with Crippen molar-refractivity contribution in [1.82, 2.24) is 0 Å². The first kappa shape index (κ1) is 13.9. The van der Waals surface area contributed by atoms with Crippen molar-refractivity contribution in [2.24, 2.45) is 5.92 Å². The molecule has 0 amide bonds. The minimum Gasteiger partial charge on any atom is -0.389 e. The molecule has 0 radical (unpaired) electrons. The van der Waals surface area contributed by atoms with Crippen LogP contribution in [0.2, 0.25) is 0 Å². The number of hydrogen-bond acceptors (Lipinski definition) is 2. The second-order valence-electron chi connectivity index (χ2n) is 6.30. The zero-order valence-electron chi connectivity index (χ0n) is 12.2. The molecule has 2 fully saturated rings. The molecular formula is C17H24FNO. The second kappa shape index (κ2) is 5.72. The number of halogens is 1. The van der Waals surface area contributed by atoms with E-state index in [2.05, 4.69) is 4.90 Å². The Balaban J connectivity index is 1.98. The number of fused-ring (bicyclic) bond motifs is 1. The Labute approximate surface area is 120 Å². The Bertz CT molecular complexity index is 472. The molecular weight excluding hydrogens is 253 g/mol. The first-order valence-electron chi connectivity index (χ1n) is 7.91. The van der Waals surface area contributed by atoms with Gasteiger partial charge in [-0.2, -0.15) is 0 Å². The summed E-state index contributed by atoms with van der Waals surface area (Å²) in [6.45, 7) is 2.64. The minimum atomic E-state index is -0.621. The van der Waals surface area contributed by atoms with Crippen LogP contribution in [0.1, 0.15) is 57.1 Å². The van der Waals surface area contributed by atoms with Gasteiger partial charge >= 0.3 is 0 Å². The number of benzene rings is 1. The third-order valence-corrected chi connectivity index (χ3v) is 5.00. The smallest absolute Gasteiger partial charge is 0.146 e. The molecule has 1 aromatic rings. The largest absolute Gasteiger partial charge is 0.389 e. The maximum atomic E-state index is 14.4. The van der Waals surface area contributed by atoms with Gasteiger partial charge in [0.15, 0.2) is 0 Å². The highest BCUT2D eigenvalue weighted by atomic mass is 19.1. The molecule has 3 heteroatoms. The van der Waals surface area contributed by atoms with Gasteiger partial charge in [0.05, 0.1) is 11.8 Å². The molecule has 1 saturated heterocycles. The van der Waals surface area contributed by atoms with Crippen LogP contribution in [0.5, 0.6) is 0 Å². The molecule has 3 atom stereocenters. The number of piperidine rings is 1. The van der Waals surface area contributed by atoms with Gasteiger partial charge < -0.3 is 10.0 Å². The highest BCUT2D eigenvalue weighted by molar-refractivity contribution is 5.57. The molecule has 1 unspecified atom stereocenters. The summed E-state index contributed by atoms with van der Waals surface area (Å²) in [5.74, 6) is 0.522. The molecule has 1 aromatic carbocycles. The zero-order valence-corrected chi connectivity index (χ0v) is 12.2. The van der Waals surface area contributed by atoms with E-state index in [0.717, 1.165) is 24.9 Å². The molecule has 1 aliphatic heterocycles. The topological polar surface area (TPSA) is 23.5 Å². The average molecular weight is 277 g/mol. The van der Waals surface area contributed by atoms with Crippen LogP contribution in [0, 0.1) is 11.7 Å². The lowest BCUT2D eigenvalue weighted by Gasteiger charge is -2.46. The number of anilines is 1. The molecule has 20 heavy (non-hydrogen) atoms. The van der Waals surface area contributed by atoms with Gasteiger partial charge in [-0.25, -0.2) is 4.39 Å². The summed E-state index contributed by atoms with van der Waals surface area (Å²) < 4.78 is 14.4. The number of para-hydroxylation sites is 1. The predicted octanol–water partition coefficient (Wildman–Crippen LogP) is 4.04. The molecule has 0 spiro atoms. The fourth-order valence-corrected chi connectivity index (χ4v) is 4.07. The summed E-state index contributed by atoms with van der Waals surface area (Å²) in [4.78, 5) is 2.25. The van der Waals surface area contributed by atoms with Crippen molar-refractivity contribution < 1.29 is 9.50 Å². The zero-order chi connectivity index (χ0) is 14.1. The molecule has 1 N–H and O–H groups in total. The maximum Gasteiger partial charge on any atom is 0.146 e. The van der Waals surface area contributed by atoms with E-state index in [-0.39, 0.29) is 5.82 Å². The highest BCUT2D eigenvalue weighted by Crippen LogP contribution is 2.40. The van der Waals surface area contributed by atoms with E-state index in [9.17, 15) is 9.50 Å². The van der Waals surface area contributed by atoms with Gasteiger partial charge in [-0.1, -0.05) is 25.0 Å². The van der Waals surface area contributed by atoms with Crippen molar-refractivity contribution in [3.05, 3.63) is 29.6 Å². The monoisotopic (exact) mass is 277 g/mol. The molecule has 1 aliphatic carbocycles. The van der Waals surface area contributed by atoms with Gasteiger partial charge in [-0.3, -0.25) is 0 Å². The Morgan fingerprint density at radius 1 is 1.20 bits per heavy atom. The summed E-state index contributed by atoms with van der Waals surface area (Å²) in [6, 6.07) is 5.54. The van der Waals surface area contributed by atoms with E-state index in [1.165, 1.54) is 31.7 Å². The molecule has 1 heterocycles. The summed E-state index contributed by atoms with van der Waals surface area (Å²) in [7, 11) is 0. The quantitative estimate of drug-likeness (QED) is 0.882. The third-order valence-electron chi connectivity index (χ3n) is 5.00. The van der Waals surface area contributed by atoms with Crippen LogP contribution in [-0.2, 0) is 0 Å². The summed E-state index contributed by atoms with van der Waals surface area (Å²) >= 11 is 0. The Kier molecular flexibility index (Phi) is 3.97. The number of hydrogen-bond donors (Lipinski definition) is 1. The van der Waals surface area contributed by atoms with Crippen LogP contribution in [0.4, 0.5) is 10.1 Å². The van der Waals surface area contributed by atoms with Crippen LogP contribution in [-0.4, -0.2) is 17.7 Å². The van der Waals surface area contributed by atoms with Crippen molar-refractivity contribution in [1.29, 1.82) is 0 Å². The Morgan fingerprint density at radius 2 is 1.95 bits per heavy atom. The van der Waals surface area contributed by atoms with Crippen LogP contribution in [0.25, 0.3) is 0 Å². The standard InChI is InChI=1S/C17H24FNO/c1-12(20)14-8-4-9-15(18)17(14)19-11-5-7-13-6-2-3-10-16(13)19/h4,8-9,12-13,16,20H,2-3,5-7,10-11H2,1H3/t12?,13-,16-/m1/s1. The van der Waals surface area contributed by atoms with Crippen molar-refractivity contribution in [3.63, 3.8) is 0 Å². The van der Waals surface area contributed by atoms with E-state index in [4.69, 9.17) is 0 Å². The van der Waals surface area contributed by atoms with Gasteiger partial charge in [-0.05, 0) is 44.6 Å². The highest BCUT2D eigenvalue weighted by Gasteiger charge is 2.35. The predicted molar refractivity (Wildman–Crippen MR) is 79.4 cm³/mol. The first-order valence-corrected chi connectivity index (χ1v) is 7.91. The van der Waals surface area contributed by atoms with Crippen molar-refractivity contribution >= 4 is 5.69 Å². The lowest BCUT2D eigenvalue weighted by Crippen LogP contribution is -2.47. The third kappa shape index (κ3) is 2.44.